The van der Waals surface area contributed by atoms with Crippen LogP contribution in [0.2, 0.25) is 5.02 Å². The van der Waals surface area contributed by atoms with Crippen LogP contribution in [0.5, 0.6) is 0 Å². The van der Waals surface area contributed by atoms with E-state index in [1.54, 1.807) is 30.3 Å². The number of anilines is 1. The van der Waals surface area contributed by atoms with Crippen molar-refractivity contribution in [2.45, 2.75) is 20.4 Å². The third kappa shape index (κ3) is 3.83. The molecular formula is C19H18ClN3O2. The van der Waals surface area contributed by atoms with Gasteiger partial charge in [-0.2, -0.15) is 0 Å². The van der Waals surface area contributed by atoms with Crippen LogP contribution in [0.25, 0.3) is 10.9 Å². The number of amides is 2. The number of aryl methyl sites for hydroxylation is 2. The summed E-state index contributed by atoms with van der Waals surface area (Å²) in [6.45, 7) is 4.11. The smallest absolute Gasteiger partial charge is 0.319 e. The molecule has 1 aromatic heterocycles. The van der Waals surface area contributed by atoms with E-state index in [0.29, 0.717) is 16.3 Å². The number of hydrogen-bond donors (Lipinski definition) is 3. The molecule has 2 aromatic carbocycles. The Morgan fingerprint density at radius 2 is 1.96 bits per heavy atom. The third-order valence-corrected chi connectivity index (χ3v) is 4.38. The molecule has 0 saturated heterocycles. The number of nitrogens with one attached hydrogen (secondary N) is 3. The molecule has 0 aliphatic rings. The van der Waals surface area contributed by atoms with Gasteiger partial charge in [0, 0.05) is 22.8 Å². The van der Waals surface area contributed by atoms with Gasteiger partial charge in [0.25, 0.3) is 5.56 Å². The van der Waals surface area contributed by atoms with Gasteiger partial charge in [0.15, 0.2) is 0 Å². The minimum atomic E-state index is -0.401. The summed E-state index contributed by atoms with van der Waals surface area (Å²) in [5.41, 5.74) is 3.88. The fourth-order valence-electron chi connectivity index (χ4n) is 2.62. The number of aromatic nitrogens is 1. The fourth-order valence-corrected chi connectivity index (χ4v) is 2.81. The maximum Gasteiger partial charge on any atom is 0.319 e. The Morgan fingerprint density at radius 3 is 2.72 bits per heavy atom. The second kappa shape index (κ2) is 6.99. The first-order valence-corrected chi connectivity index (χ1v) is 8.24. The van der Waals surface area contributed by atoms with Crippen LogP contribution in [0.3, 0.4) is 0 Å². The lowest BCUT2D eigenvalue weighted by Gasteiger charge is -2.10. The average Bonchev–Trinajstić information content (AvgIpc) is 2.57. The van der Waals surface area contributed by atoms with E-state index in [1.807, 2.05) is 26.0 Å². The van der Waals surface area contributed by atoms with Crippen LogP contribution >= 0.6 is 11.6 Å². The zero-order chi connectivity index (χ0) is 18.0. The van der Waals surface area contributed by atoms with Crippen LogP contribution in [-0.2, 0) is 6.54 Å². The number of fused-ring (bicyclic) bond motifs is 1. The lowest BCUT2D eigenvalue weighted by atomic mass is 10.0. The molecule has 0 radical (unpaired) electrons. The van der Waals surface area contributed by atoms with Crippen molar-refractivity contribution in [2.75, 3.05) is 5.32 Å². The van der Waals surface area contributed by atoms with Crippen molar-refractivity contribution < 1.29 is 4.79 Å². The largest absolute Gasteiger partial charge is 0.334 e. The molecule has 0 spiro atoms. The third-order valence-electron chi connectivity index (χ3n) is 4.15. The zero-order valence-electron chi connectivity index (χ0n) is 13.9. The SMILES string of the molecule is Cc1ccc2cc(CNC(=O)Nc3cccc(Cl)c3)c(=O)[nH]c2c1C. The molecule has 0 bridgehead atoms. The van der Waals surface area contributed by atoms with E-state index in [9.17, 15) is 9.59 Å². The van der Waals surface area contributed by atoms with Gasteiger partial charge in [-0.25, -0.2) is 4.79 Å². The standard InChI is InChI=1S/C19H18ClN3O2/c1-11-6-7-13-8-14(18(24)23-17(13)12(11)2)10-21-19(25)22-16-5-3-4-15(20)9-16/h3-9H,10H2,1-2H3,(H,23,24)(H2,21,22,25). The van der Waals surface area contributed by atoms with Crippen molar-refractivity contribution in [1.29, 1.82) is 0 Å². The summed E-state index contributed by atoms with van der Waals surface area (Å²) < 4.78 is 0. The van der Waals surface area contributed by atoms with Crippen molar-refractivity contribution in [3.8, 4) is 0 Å². The summed E-state index contributed by atoms with van der Waals surface area (Å²) in [7, 11) is 0. The number of pyridine rings is 1. The Hall–Kier alpha value is -2.79. The molecule has 0 fully saturated rings. The van der Waals surface area contributed by atoms with Gasteiger partial charge in [0.1, 0.15) is 0 Å². The van der Waals surface area contributed by atoms with E-state index < -0.39 is 6.03 Å². The van der Waals surface area contributed by atoms with Crippen LogP contribution in [0.4, 0.5) is 10.5 Å². The zero-order valence-corrected chi connectivity index (χ0v) is 14.7. The van der Waals surface area contributed by atoms with Crippen molar-refractivity contribution >= 4 is 34.2 Å². The van der Waals surface area contributed by atoms with E-state index in [0.717, 1.165) is 22.0 Å². The molecule has 3 rings (SSSR count). The predicted octanol–water partition coefficient (Wildman–Crippen LogP) is 4.12. The monoisotopic (exact) mass is 355 g/mol. The first kappa shape index (κ1) is 17.0. The highest BCUT2D eigenvalue weighted by molar-refractivity contribution is 6.30. The minimum Gasteiger partial charge on any atom is -0.334 e. The Kier molecular flexibility index (Phi) is 4.76. The number of halogens is 1. The molecule has 2 amide bonds. The first-order chi connectivity index (χ1) is 11.9. The number of carbonyl (C=O) groups excluding carboxylic acids is 1. The Labute approximate surface area is 150 Å². The van der Waals surface area contributed by atoms with Crippen molar-refractivity contribution in [3.05, 3.63) is 74.5 Å². The summed E-state index contributed by atoms with van der Waals surface area (Å²) >= 11 is 5.88. The molecule has 0 aliphatic carbocycles. The summed E-state index contributed by atoms with van der Waals surface area (Å²) in [4.78, 5) is 27.2. The van der Waals surface area contributed by atoms with Crippen LogP contribution in [0.1, 0.15) is 16.7 Å². The molecule has 3 N–H and O–H groups in total. The van der Waals surface area contributed by atoms with Gasteiger partial charge in [-0.05, 0) is 54.6 Å². The number of rotatable bonds is 3. The Balaban J connectivity index is 1.75. The molecule has 128 valence electrons. The summed E-state index contributed by atoms with van der Waals surface area (Å²) in [5.74, 6) is 0. The van der Waals surface area contributed by atoms with Gasteiger partial charge >= 0.3 is 6.03 Å². The highest BCUT2D eigenvalue weighted by atomic mass is 35.5. The van der Waals surface area contributed by atoms with Gasteiger partial charge in [0.2, 0.25) is 0 Å². The Morgan fingerprint density at radius 1 is 1.16 bits per heavy atom. The molecule has 3 aromatic rings. The van der Waals surface area contributed by atoms with E-state index >= 15 is 0 Å². The number of H-pyrrole nitrogens is 1. The molecule has 1 heterocycles. The van der Waals surface area contributed by atoms with Crippen molar-refractivity contribution in [2.24, 2.45) is 0 Å². The predicted molar refractivity (Wildman–Crippen MR) is 101 cm³/mol. The Bertz CT molecular complexity index is 1010. The van der Waals surface area contributed by atoms with Crippen LogP contribution in [-0.4, -0.2) is 11.0 Å². The molecule has 0 atom stereocenters. The van der Waals surface area contributed by atoms with Gasteiger partial charge in [-0.1, -0.05) is 29.8 Å². The number of aromatic amines is 1. The molecule has 5 nitrogen and oxygen atoms in total. The summed E-state index contributed by atoms with van der Waals surface area (Å²) in [5, 5.41) is 6.84. The second-order valence-electron chi connectivity index (χ2n) is 5.91. The van der Waals surface area contributed by atoms with Gasteiger partial charge < -0.3 is 15.6 Å². The number of carbonyl (C=O) groups is 1. The minimum absolute atomic E-state index is 0.130. The first-order valence-electron chi connectivity index (χ1n) is 7.86. The molecule has 0 saturated carbocycles. The average molecular weight is 356 g/mol. The van der Waals surface area contributed by atoms with E-state index in [1.165, 1.54) is 0 Å². The summed E-state index contributed by atoms with van der Waals surface area (Å²) in [6.07, 6.45) is 0. The second-order valence-corrected chi connectivity index (χ2v) is 6.35. The number of hydrogen-bond acceptors (Lipinski definition) is 2. The van der Waals surface area contributed by atoms with Crippen LogP contribution < -0.4 is 16.2 Å². The fraction of sp³-hybridized carbons (Fsp3) is 0.158. The maximum atomic E-state index is 12.3. The van der Waals surface area contributed by atoms with Gasteiger partial charge in [0.05, 0.1) is 5.52 Å². The van der Waals surface area contributed by atoms with Crippen LogP contribution in [0, 0.1) is 13.8 Å². The lowest BCUT2D eigenvalue weighted by Crippen LogP contribution is -2.30. The molecule has 25 heavy (non-hydrogen) atoms. The number of urea groups is 1. The lowest BCUT2D eigenvalue weighted by molar-refractivity contribution is 0.251. The quantitative estimate of drug-likeness (QED) is 0.661. The van der Waals surface area contributed by atoms with Crippen molar-refractivity contribution in [3.63, 3.8) is 0 Å². The highest BCUT2D eigenvalue weighted by Gasteiger charge is 2.08. The van der Waals surface area contributed by atoms with E-state index in [-0.39, 0.29) is 12.1 Å². The van der Waals surface area contributed by atoms with E-state index in [4.69, 9.17) is 11.6 Å². The van der Waals surface area contributed by atoms with Gasteiger partial charge in [-0.3, -0.25) is 4.79 Å². The molecule has 6 heteroatoms. The highest BCUT2D eigenvalue weighted by Crippen LogP contribution is 2.19. The molecule has 0 unspecified atom stereocenters. The molecular weight excluding hydrogens is 338 g/mol. The van der Waals surface area contributed by atoms with Gasteiger partial charge in [-0.15, -0.1) is 0 Å². The topological polar surface area (TPSA) is 74.0 Å². The summed E-state index contributed by atoms with van der Waals surface area (Å²) in [6, 6.07) is 12.2. The maximum absolute atomic E-state index is 12.3. The number of benzene rings is 2. The van der Waals surface area contributed by atoms with Crippen LogP contribution in [0.15, 0.2) is 47.3 Å². The normalized spacial score (nSPS) is 10.7. The molecule has 0 aliphatic heterocycles. The van der Waals surface area contributed by atoms with E-state index in [2.05, 4.69) is 15.6 Å². The van der Waals surface area contributed by atoms with Crippen molar-refractivity contribution in [1.82, 2.24) is 10.3 Å².